The van der Waals surface area contributed by atoms with E-state index in [2.05, 4.69) is 0 Å². The maximum atomic E-state index is 10.1. The molecule has 0 heterocycles. The van der Waals surface area contributed by atoms with Gasteiger partial charge in [0.25, 0.3) is 0 Å². The van der Waals surface area contributed by atoms with Crippen LogP contribution in [0.4, 0.5) is 0 Å². The van der Waals surface area contributed by atoms with Crippen LogP contribution >= 0.6 is 0 Å². The first-order valence-electron chi connectivity index (χ1n) is 7.02. The van der Waals surface area contributed by atoms with Crippen molar-refractivity contribution in [1.29, 1.82) is 0 Å². The molecule has 0 amide bonds. The lowest BCUT2D eigenvalue weighted by Gasteiger charge is -2.25. The highest BCUT2D eigenvalue weighted by Crippen LogP contribution is 2.32. The molecule has 0 bridgehead atoms. The molecule has 1 heteroatoms. The molecule has 2 saturated carbocycles. The molecule has 0 aromatic heterocycles. The zero-order valence-corrected chi connectivity index (χ0v) is 9.96. The van der Waals surface area contributed by atoms with Gasteiger partial charge in [-0.2, -0.15) is 0 Å². The van der Waals surface area contributed by atoms with Gasteiger partial charge < -0.3 is 5.11 Å². The molecule has 1 atom stereocenters. The molecule has 0 radical (unpaired) electrons. The van der Waals surface area contributed by atoms with Gasteiger partial charge in [-0.25, -0.2) is 0 Å². The Morgan fingerprint density at radius 2 is 1.13 bits per heavy atom. The summed E-state index contributed by atoms with van der Waals surface area (Å²) < 4.78 is 0. The summed E-state index contributed by atoms with van der Waals surface area (Å²) in [4.78, 5) is 0. The van der Waals surface area contributed by atoms with Crippen molar-refractivity contribution in [3.63, 3.8) is 0 Å². The first-order chi connectivity index (χ1) is 7.34. The van der Waals surface area contributed by atoms with Crippen molar-refractivity contribution in [2.24, 2.45) is 11.8 Å². The predicted octanol–water partition coefficient (Wildman–Crippen LogP) is 3.90. The van der Waals surface area contributed by atoms with Gasteiger partial charge in [0.15, 0.2) is 0 Å². The van der Waals surface area contributed by atoms with Crippen LogP contribution in [0.15, 0.2) is 0 Å². The van der Waals surface area contributed by atoms with Crippen molar-refractivity contribution < 1.29 is 5.11 Å². The van der Waals surface area contributed by atoms with Gasteiger partial charge in [0.05, 0.1) is 6.10 Å². The minimum atomic E-state index is 0.0104. The van der Waals surface area contributed by atoms with E-state index in [1.54, 1.807) is 0 Å². The summed E-state index contributed by atoms with van der Waals surface area (Å²) in [6, 6.07) is 0. The highest BCUT2D eigenvalue weighted by atomic mass is 16.3. The fourth-order valence-corrected chi connectivity index (χ4v) is 3.53. The Kier molecular flexibility index (Phi) is 4.49. The Morgan fingerprint density at radius 1 is 0.733 bits per heavy atom. The van der Waals surface area contributed by atoms with Crippen molar-refractivity contribution in [3.05, 3.63) is 0 Å². The Balaban J connectivity index is 1.64. The smallest absolute Gasteiger partial charge is 0.0545 e. The zero-order chi connectivity index (χ0) is 10.5. The molecule has 0 spiro atoms. The van der Waals surface area contributed by atoms with E-state index in [0.29, 0.717) is 0 Å². The van der Waals surface area contributed by atoms with E-state index in [1.807, 2.05) is 0 Å². The first kappa shape index (κ1) is 11.4. The predicted molar refractivity (Wildman–Crippen MR) is 63.8 cm³/mol. The van der Waals surface area contributed by atoms with Gasteiger partial charge in [0.2, 0.25) is 0 Å². The van der Waals surface area contributed by atoms with Crippen molar-refractivity contribution in [2.75, 3.05) is 0 Å². The number of aliphatic hydroxyl groups is 1. The molecule has 1 unspecified atom stereocenters. The first-order valence-corrected chi connectivity index (χ1v) is 7.02. The Morgan fingerprint density at radius 3 is 1.60 bits per heavy atom. The molecular weight excluding hydrogens is 184 g/mol. The number of hydrogen-bond donors (Lipinski definition) is 1. The van der Waals surface area contributed by atoms with Gasteiger partial charge in [-0.1, -0.05) is 57.8 Å². The molecule has 1 N–H and O–H groups in total. The molecule has 1 nitrogen and oxygen atoms in total. The van der Waals surface area contributed by atoms with Crippen molar-refractivity contribution >= 4 is 0 Å². The fraction of sp³-hybridized carbons (Fsp3) is 1.00. The van der Waals surface area contributed by atoms with Crippen LogP contribution < -0.4 is 0 Å². The molecule has 2 rings (SSSR count). The van der Waals surface area contributed by atoms with E-state index in [4.69, 9.17) is 0 Å². The molecule has 88 valence electrons. The van der Waals surface area contributed by atoms with Gasteiger partial charge >= 0.3 is 0 Å². The minimum Gasteiger partial charge on any atom is -0.393 e. The SMILES string of the molecule is OC(CC1CCCCC1)CC1CCCC1. The Hall–Kier alpha value is -0.0400. The number of rotatable bonds is 4. The van der Waals surface area contributed by atoms with E-state index < -0.39 is 0 Å². The van der Waals surface area contributed by atoms with Crippen LogP contribution in [0.5, 0.6) is 0 Å². The average molecular weight is 210 g/mol. The highest BCUT2D eigenvalue weighted by Gasteiger charge is 2.22. The second-order valence-electron chi connectivity index (χ2n) is 5.78. The maximum Gasteiger partial charge on any atom is 0.0545 e. The van der Waals surface area contributed by atoms with Crippen LogP contribution in [-0.4, -0.2) is 11.2 Å². The van der Waals surface area contributed by atoms with Crippen LogP contribution in [0.3, 0.4) is 0 Å². The van der Waals surface area contributed by atoms with Crippen LogP contribution in [0.1, 0.15) is 70.6 Å². The van der Waals surface area contributed by atoms with Gasteiger partial charge in [-0.3, -0.25) is 0 Å². The van der Waals surface area contributed by atoms with E-state index in [1.165, 1.54) is 57.8 Å². The molecule has 0 aromatic rings. The quantitative estimate of drug-likeness (QED) is 0.746. The van der Waals surface area contributed by atoms with Gasteiger partial charge in [0, 0.05) is 0 Å². The molecule has 2 aliphatic carbocycles. The molecule has 0 aliphatic heterocycles. The van der Waals surface area contributed by atoms with Crippen molar-refractivity contribution in [1.82, 2.24) is 0 Å². The third-order valence-electron chi connectivity index (χ3n) is 4.41. The van der Waals surface area contributed by atoms with Crippen molar-refractivity contribution in [3.8, 4) is 0 Å². The fourth-order valence-electron chi connectivity index (χ4n) is 3.53. The van der Waals surface area contributed by atoms with Crippen LogP contribution in [0, 0.1) is 11.8 Å². The van der Waals surface area contributed by atoms with Crippen LogP contribution in [-0.2, 0) is 0 Å². The lowest BCUT2D eigenvalue weighted by atomic mass is 9.83. The molecule has 2 aliphatic rings. The van der Waals surface area contributed by atoms with Gasteiger partial charge in [0.1, 0.15) is 0 Å². The van der Waals surface area contributed by atoms with E-state index in [0.717, 1.165) is 24.7 Å². The van der Waals surface area contributed by atoms with Gasteiger partial charge in [-0.15, -0.1) is 0 Å². The summed E-state index contributed by atoms with van der Waals surface area (Å²) in [7, 11) is 0. The second kappa shape index (κ2) is 5.89. The maximum absolute atomic E-state index is 10.1. The number of aliphatic hydroxyl groups excluding tert-OH is 1. The topological polar surface area (TPSA) is 20.2 Å². The number of hydrogen-bond acceptors (Lipinski definition) is 1. The van der Waals surface area contributed by atoms with E-state index >= 15 is 0 Å². The molecule has 0 aromatic carbocycles. The highest BCUT2D eigenvalue weighted by molar-refractivity contribution is 4.74. The summed E-state index contributed by atoms with van der Waals surface area (Å²) in [5.74, 6) is 1.69. The normalized spacial score (nSPS) is 27.0. The summed E-state index contributed by atoms with van der Waals surface area (Å²) in [5.41, 5.74) is 0. The molecular formula is C14H26O. The molecule has 0 saturated heterocycles. The third kappa shape index (κ3) is 3.79. The summed E-state index contributed by atoms with van der Waals surface area (Å²) in [5, 5.41) is 10.1. The summed E-state index contributed by atoms with van der Waals surface area (Å²) >= 11 is 0. The summed E-state index contributed by atoms with van der Waals surface area (Å²) in [6.45, 7) is 0. The minimum absolute atomic E-state index is 0.0104. The van der Waals surface area contributed by atoms with Gasteiger partial charge in [-0.05, 0) is 24.7 Å². The van der Waals surface area contributed by atoms with Crippen LogP contribution in [0.25, 0.3) is 0 Å². The second-order valence-corrected chi connectivity index (χ2v) is 5.78. The van der Waals surface area contributed by atoms with Crippen molar-refractivity contribution in [2.45, 2.75) is 76.7 Å². The Labute approximate surface area is 94.3 Å². The largest absolute Gasteiger partial charge is 0.393 e. The van der Waals surface area contributed by atoms with E-state index in [9.17, 15) is 5.11 Å². The lowest BCUT2D eigenvalue weighted by Crippen LogP contribution is -2.18. The zero-order valence-electron chi connectivity index (χ0n) is 9.96. The average Bonchev–Trinajstić information content (AvgIpc) is 2.71. The monoisotopic (exact) mass is 210 g/mol. The Bertz CT molecular complexity index is 166. The molecule has 2 fully saturated rings. The lowest BCUT2D eigenvalue weighted by molar-refractivity contribution is 0.105. The third-order valence-corrected chi connectivity index (χ3v) is 4.41. The summed E-state index contributed by atoms with van der Waals surface area (Å²) in [6.07, 6.45) is 14.7. The molecule has 15 heavy (non-hydrogen) atoms. The van der Waals surface area contributed by atoms with Crippen LogP contribution in [0.2, 0.25) is 0 Å². The standard InChI is InChI=1S/C14H26O/c15-14(11-13-8-4-5-9-13)10-12-6-2-1-3-7-12/h12-15H,1-11H2. The van der Waals surface area contributed by atoms with E-state index in [-0.39, 0.29) is 6.10 Å².